The summed E-state index contributed by atoms with van der Waals surface area (Å²) < 4.78 is 4.49. The molecule has 3 heteroatoms. The van der Waals surface area contributed by atoms with Crippen molar-refractivity contribution in [3.05, 3.63) is 29.8 Å². The summed E-state index contributed by atoms with van der Waals surface area (Å²) in [7, 11) is 1.35. The third-order valence-corrected chi connectivity index (χ3v) is 1.69. The number of carbonyl (C=O) groups excluding carboxylic acids is 1. The van der Waals surface area contributed by atoms with Gasteiger partial charge in [0, 0.05) is 11.3 Å². The molecule has 0 heterocycles. The first-order valence-electron chi connectivity index (χ1n) is 4.13. The van der Waals surface area contributed by atoms with Crippen LogP contribution in [0.1, 0.15) is 5.56 Å². The van der Waals surface area contributed by atoms with Crippen LogP contribution in [-0.4, -0.2) is 19.6 Å². The summed E-state index contributed by atoms with van der Waals surface area (Å²) in [5.74, 6) is 2.20. The van der Waals surface area contributed by atoms with Crippen LogP contribution in [0, 0.1) is 12.3 Å². The maximum absolute atomic E-state index is 10.8. The van der Waals surface area contributed by atoms with Gasteiger partial charge >= 0.3 is 5.97 Å². The molecule has 0 radical (unpaired) electrons. The zero-order valence-electron chi connectivity index (χ0n) is 7.91. The van der Waals surface area contributed by atoms with Crippen LogP contribution in [-0.2, 0) is 9.53 Å². The number of hydrogen-bond acceptors (Lipinski definition) is 3. The summed E-state index contributed by atoms with van der Waals surface area (Å²) in [5.41, 5.74) is 1.59. The number of esters is 1. The van der Waals surface area contributed by atoms with Gasteiger partial charge in [-0.3, -0.25) is 4.79 Å². The van der Waals surface area contributed by atoms with Crippen LogP contribution < -0.4 is 5.32 Å². The van der Waals surface area contributed by atoms with Gasteiger partial charge in [-0.05, 0) is 18.2 Å². The van der Waals surface area contributed by atoms with E-state index in [0.717, 1.165) is 11.3 Å². The topological polar surface area (TPSA) is 38.3 Å². The van der Waals surface area contributed by atoms with Crippen molar-refractivity contribution in [2.24, 2.45) is 0 Å². The molecule has 0 amide bonds. The molecule has 0 aliphatic heterocycles. The van der Waals surface area contributed by atoms with Gasteiger partial charge in [-0.25, -0.2) is 0 Å². The zero-order chi connectivity index (χ0) is 10.4. The van der Waals surface area contributed by atoms with Gasteiger partial charge in [0.15, 0.2) is 0 Å². The molecule has 0 aliphatic carbocycles. The number of nitrogens with one attached hydrogen (secondary N) is 1. The van der Waals surface area contributed by atoms with Gasteiger partial charge in [0.1, 0.15) is 6.54 Å². The number of rotatable bonds is 3. The molecule has 0 atom stereocenters. The number of hydrogen-bond donors (Lipinski definition) is 1. The lowest BCUT2D eigenvalue weighted by molar-refractivity contribution is -0.138. The fraction of sp³-hybridized carbons (Fsp3) is 0.182. The second kappa shape index (κ2) is 4.93. The van der Waals surface area contributed by atoms with Crippen molar-refractivity contribution < 1.29 is 9.53 Å². The van der Waals surface area contributed by atoms with Gasteiger partial charge in [0.25, 0.3) is 0 Å². The summed E-state index contributed by atoms with van der Waals surface area (Å²) in [5, 5.41) is 2.90. The fourth-order valence-electron chi connectivity index (χ4n) is 0.965. The first-order valence-corrected chi connectivity index (χ1v) is 4.13. The van der Waals surface area contributed by atoms with Crippen molar-refractivity contribution in [3.63, 3.8) is 0 Å². The lowest BCUT2D eigenvalue weighted by Gasteiger charge is -2.04. The first-order chi connectivity index (χ1) is 6.76. The number of terminal acetylenes is 1. The van der Waals surface area contributed by atoms with Crippen LogP contribution in [0.5, 0.6) is 0 Å². The standard InChI is InChI=1S/C11H11NO2/c1-3-9-5-4-6-10(7-9)12-8-11(13)14-2/h1,4-7,12H,8H2,2H3. The molecule has 0 saturated carbocycles. The molecule has 0 aromatic heterocycles. The predicted octanol–water partition coefficient (Wildman–Crippen LogP) is 1.25. The zero-order valence-corrected chi connectivity index (χ0v) is 7.91. The van der Waals surface area contributed by atoms with Crippen molar-refractivity contribution in [3.8, 4) is 12.3 Å². The highest BCUT2D eigenvalue weighted by molar-refractivity contribution is 5.74. The molecule has 1 aromatic carbocycles. The maximum Gasteiger partial charge on any atom is 0.325 e. The van der Waals surface area contributed by atoms with Crippen LogP contribution in [0.2, 0.25) is 0 Å². The first kappa shape index (κ1) is 10.1. The molecule has 0 bridgehead atoms. The Morgan fingerprint density at radius 3 is 3.07 bits per heavy atom. The summed E-state index contributed by atoms with van der Waals surface area (Å²) in [6.45, 7) is 0.143. The Kier molecular flexibility index (Phi) is 3.57. The molecule has 14 heavy (non-hydrogen) atoms. The van der Waals surface area contributed by atoms with E-state index in [-0.39, 0.29) is 12.5 Å². The third kappa shape index (κ3) is 2.83. The summed E-state index contributed by atoms with van der Waals surface area (Å²) in [4.78, 5) is 10.8. The van der Waals surface area contributed by atoms with Gasteiger partial charge in [0.2, 0.25) is 0 Å². The highest BCUT2D eigenvalue weighted by Crippen LogP contribution is 2.08. The summed E-state index contributed by atoms with van der Waals surface area (Å²) in [6, 6.07) is 7.28. The van der Waals surface area contributed by atoms with Gasteiger partial charge < -0.3 is 10.1 Å². The largest absolute Gasteiger partial charge is 0.468 e. The number of benzene rings is 1. The summed E-state index contributed by atoms with van der Waals surface area (Å²) >= 11 is 0. The second-order valence-electron chi connectivity index (χ2n) is 2.65. The Hall–Kier alpha value is -1.95. The molecule has 0 aliphatic rings. The number of carbonyl (C=O) groups is 1. The molecule has 3 nitrogen and oxygen atoms in total. The van der Waals surface area contributed by atoms with E-state index in [1.165, 1.54) is 7.11 Å². The molecule has 0 fully saturated rings. The van der Waals surface area contributed by atoms with Gasteiger partial charge in [-0.2, -0.15) is 0 Å². The van der Waals surface area contributed by atoms with E-state index < -0.39 is 0 Å². The van der Waals surface area contributed by atoms with E-state index in [9.17, 15) is 4.79 Å². The lowest BCUT2D eigenvalue weighted by atomic mass is 10.2. The monoisotopic (exact) mass is 189 g/mol. The van der Waals surface area contributed by atoms with E-state index >= 15 is 0 Å². The highest BCUT2D eigenvalue weighted by atomic mass is 16.5. The molecule has 1 aromatic rings. The number of ether oxygens (including phenoxy) is 1. The maximum atomic E-state index is 10.8. The second-order valence-corrected chi connectivity index (χ2v) is 2.65. The SMILES string of the molecule is C#Cc1cccc(NCC(=O)OC)c1. The Balaban J connectivity index is 2.60. The number of methoxy groups -OCH3 is 1. The molecular formula is C11H11NO2. The van der Waals surface area contributed by atoms with E-state index in [0.29, 0.717) is 0 Å². The lowest BCUT2D eigenvalue weighted by Crippen LogP contribution is -2.14. The minimum atomic E-state index is -0.309. The molecule has 0 spiro atoms. The molecule has 1 rings (SSSR count). The Morgan fingerprint density at radius 2 is 2.43 bits per heavy atom. The summed E-state index contributed by atoms with van der Waals surface area (Å²) in [6.07, 6.45) is 5.23. The predicted molar refractivity (Wildman–Crippen MR) is 54.9 cm³/mol. The van der Waals surface area contributed by atoms with Crippen molar-refractivity contribution in [1.29, 1.82) is 0 Å². The van der Waals surface area contributed by atoms with E-state index in [4.69, 9.17) is 6.42 Å². The minimum absolute atomic E-state index is 0.143. The Bertz CT molecular complexity index is 366. The van der Waals surface area contributed by atoms with Gasteiger partial charge in [-0.15, -0.1) is 6.42 Å². The van der Waals surface area contributed by atoms with Gasteiger partial charge in [-0.1, -0.05) is 12.0 Å². The average molecular weight is 189 g/mol. The number of anilines is 1. The van der Waals surface area contributed by atoms with Gasteiger partial charge in [0.05, 0.1) is 7.11 Å². The Morgan fingerprint density at radius 1 is 1.64 bits per heavy atom. The van der Waals surface area contributed by atoms with E-state index in [1.807, 2.05) is 18.2 Å². The quantitative estimate of drug-likeness (QED) is 0.574. The van der Waals surface area contributed by atoms with E-state index in [2.05, 4.69) is 16.0 Å². The normalized spacial score (nSPS) is 8.86. The fourth-order valence-corrected chi connectivity index (χ4v) is 0.965. The average Bonchev–Trinajstić information content (AvgIpc) is 2.26. The van der Waals surface area contributed by atoms with Crippen molar-refractivity contribution in [2.75, 3.05) is 19.0 Å². The highest BCUT2D eigenvalue weighted by Gasteiger charge is 1.99. The van der Waals surface area contributed by atoms with Crippen molar-refractivity contribution in [2.45, 2.75) is 0 Å². The minimum Gasteiger partial charge on any atom is -0.468 e. The van der Waals surface area contributed by atoms with E-state index in [1.54, 1.807) is 6.07 Å². The van der Waals surface area contributed by atoms with Crippen LogP contribution in [0.15, 0.2) is 24.3 Å². The van der Waals surface area contributed by atoms with Crippen molar-refractivity contribution in [1.82, 2.24) is 0 Å². The van der Waals surface area contributed by atoms with Crippen LogP contribution >= 0.6 is 0 Å². The Labute approximate surface area is 83.1 Å². The van der Waals surface area contributed by atoms with Crippen LogP contribution in [0.25, 0.3) is 0 Å². The van der Waals surface area contributed by atoms with Crippen LogP contribution in [0.3, 0.4) is 0 Å². The van der Waals surface area contributed by atoms with Crippen LogP contribution in [0.4, 0.5) is 5.69 Å². The molecule has 0 unspecified atom stereocenters. The van der Waals surface area contributed by atoms with Crippen molar-refractivity contribution >= 4 is 11.7 Å². The molecule has 72 valence electrons. The smallest absolute Gasteiger partial charge is 0.325 e. The molecular weight excluding hydrogens is 178 g/mol. The third-order valence-electron chi connectivity index (χ3n) is 1.69. The molecule has 0 saturated heterocycles. The molecule has 1 N–H and O–H groups in total.